The van der Waals surface area contributed by atoms with Crippen LogP contribution >= 0.6 is 0 Å². The van der Waals surface area contributed by atoms with Crippen LogP contribution in [0.25, 0.3) is 0 Å². The van der Waals surface area contributed by atoms with Crippen LogP contribution in [0.3, 0.4) is 0 Å². The first-order valence-electron chi connectivity index (χ1n) is 11.2. The molecule has 0 saturated carbocycles. The number of likely N-dealkylation sites (tertiary alicyclic amines) is 1. The molecule has 1 atom stereocenters. The highest BCUT2D eigenvalue weighted by atomic mass is 16.5. The van der Waals surface area contributed by atoms with Crippen molar-refractivity contribution in [3.8, 4) is 5.75 Å². The average Bonchev–Trinajstić information content (AvgIpc) is 3.26. The van der Waals surface area contributed by atoms with Gasteiger partial charge in [-0.2, -0.15) is 0 Å². The molecule has 1 fully saturated rings. The third-order valence-corrected chi connectivity index (χ3v) is 5.49. The van der Waals surface area contributed by atoms with Crippen molar-refractivity contribution in [3.05, 3.63) is 59.7 Å². The highest BCUT2D eigenvalue weighted by Gasteiger charge is 2.26. The molecule has 7 nitrogen and oxygen atoms in total. The summed E-state index contributed by atoms with van der Waals surface area (Å²) in [6.07, 6.45) is 1.10. The Kier molecular flexibility index (Phi) is 8.50. The summed E-state index contributed by atoms with van der Waals surface area (Å²) in [5, 5.41) is 6.38. The molecule has 0 bridgehead atoms. The molecule has 0 spiro atoms. The summed E-state index contributed by atoms with van der Waals surface area (Å²) >= 11 is 0. The Morgan fingerprint density at radius 3 is 2.69 bits per heavy atom. The van der Waals surface area contributed by atoms with Crippen LogP contribution in [-0.2, 0) is 11.3 Å². The Morgan fingerprint density at radius 1 is 1.22 bits per heavy atom. The molecule has 1 unspecified atom stereocenters. The predicted molar refractivity (Wildman–Crippen MR) is 130 cm³/mol. The van der Waals surface area contributed by atoms with E-state index in [0.717, 1.165) is 49.0 Å². The van der Waals surface area contributed by atoms with Crippen LogP contribution in [0.1, 0.15) is 30.4 Å². The van der Waals surface area contributed by atoms with Crippen molar-refractivity contribution in [2.75, 3.05) is 52.7 Å². The first kappa shape index (κ1) is 23.6. The Morgan fingerprint density at radius 2 is 2.00 bits per heavy atom. The summed E-state index contributed by atoms with van der Waals surface area (Å²) in [7, 11) is 5.45. The highest BCUT2D eigenvalue weighted by molar-refractivity contribution is 5.92. The minimum absolute atomic E-state index is 0.0226. The first-order chi connectivity index (χ1) is 15.5. The number of carbonyl (C=O) groups excluding carboxylic acids is 1. The van der Waals surface area contributed by atoms with Crippen LogP contribution in [0.2, 0.25) is 0 Å². The lowest BCUT2D eigenvalue weighted by Crippen LogP contribution is -2.40. The number of ether oxygens (including phenoxy) is 1. The SMILES string of the molecule is CCNC(=NCc1cccc(NC(=O)CN(C)C)c1)N1CCC(c2ccc(OC)cc2)C1. The van der Waals surface area contributed by atoms with Crippen LogP contribution in [0, 0.1) is 0 Å². The third kappa shape index (κ3) is 6.72. The molecule has 0 aliphatic carbocycles. The quantitative estimate of drug-likeness (QED) is 0.491. The van der Waals surface area contributed by atoms with Gasteiger partial charge in [-0.05, 0) is 62.8 Å². The topological polar surface area (TPSA) is 69.2 Å². The maximum absolute atomic E-state index is 12.0. The summed E-state index contributed by atoms with van der Waals surface area (Å²) in [6, 6.07) is 16.3. The van der Waals surface area contributed by atoms with Gasteiger partial charge >= 0.3 is 0 Å². The van der Waals surface area contributed by atoms with E-state index < -0.39 is 0 Å². The van der Waals surface area contributed by atoms with E-state index in [1.54, 1.807) is 7.11 Å². The second kappa shape index (κ2) is 11.5. The number of hydrogen-bond acceptors (Lipinski definition) is 4. The fraction of sp³-hybridized carbons (Fsp3) is 0.440. The number of nitrogens with zero attached hydrogens (tertiary/aromatic N) is 3. The lowest BCUT2D eigenvalue weighted by Gasteiger charge is -2.22. The van der Waals surface area contributed by atoms with Gasteiger partial charge in [-0.15, -0.1) is 0 Å². The number of guanidine groups is 1. The average molecular weight is 438 g/mol. The lowest BCUT2D eigenvalue weighted by molar-refractivity contribution is -0.116. The van der Waals surface area contributed by atoms with Crippen molar-refractivity contribution in [1.82, 2.24) is 15.1 Å². The molecule has 1 saturated heterocycles. The van der Waals surface area contributed by atoms with Crippen LogP contribution in [-0.4, -0.2) is 69.1 Å². The zero-order chi connectivity index (χ0) is 22.9. The number of amides is 1. The molecule has 0 aromatic heterocycles. The van der Waals surface area contributed by atoms with E-state index in [0.29, 0.717) is 19.0 Å². The number of carbonyl (C=O) groups is 1. The number of benzene rings is 2. The maximum atomic E-state index is 12.0. The summed E-state index contributed by atoms with van der Waals surface area (Å²) in [5.74, 6) is 2.29. The van der Waals surface area contributed by atoms with Crippen molar-refractivity contribution < 1.29 is 9.53 Å². The van der Waals surface area contributed by atoms with Crippen molar-refractivity contribution in [2.45, 2.75) is 25.8 Å². The van der Waals surface area contributed by atoms with Crippen LogP contribution in [0.4, 0.5) is 5.69 Å². The molecule has 1 heterocycles. The van der Waals surface area contributed by atoms with Gasteiger partial charge in [0.1, 0.15) is 5.75 Å². The Hall–Kier alpha value is -3.06. The fourth-order valence-corrected chi connectivity index (χ4v) is 3.93. The van der Waals surface area contributed by atoms with Crippen molar-refractivity contribution in [1.29, 1.82) is 0 Å². The van der Waals surface area contributed by atoms with Gasteiger partial charge in [0.25, 0.3) is 0 Å². The van der Waals surface area contributed by atoms with Gasteiger partial charge in [0.05, 0.1) is 20.2 Å². The molecule has 7 heteroatoms. The van der Waals surface area contributed by atoms with E-state index in [4.69, 9.17) is 9.73 Å². The molecule has 2 aromatic carbocycles. The molecule has 3 rings (SSSR count). The molecule has 1 aliphatic rings. The van der Waals surface area contributed by atoms with Gasteiger partial charge in [-0.1, -0.05) is 24.3 Å². The molecule has 1 amide bonds. The number of methoxy groups -OCH3 is 1. The molecule has 2 N–H and O–H groups in total. The summed E-state index contributed by atoms with van der Waals surface area (Å²) in [5.41, 5.74) is 3.20. The van der Waals surface area contributed by atoms with Crippen molar-refractivity contribution >= 4 is 17.6 Å². The summed E-state index contributed by atoms with van der Waals surface area (Å²) in [6.45, 7) is 5.75. The van der Waals surface area contributed by atoms with Gasteiger partial charge in [0, 0.05) is 31.2 Å². The molecule has 0 radical (unpaired) electrons. The first-order valence-corrected chi connectivity index (χ1v) is 11.2. The number of hydrogen-bond donors (Lipinski definition) is 2. The molecular formula is C25H35N5O2. The second-order valence-corrected chi connectivity index (χ2v) is 8.36. The smallest absolute Gasteiger partial charge is 0.238 e. The highest BCUT2D eigenvalue weighted by Crippen LogP contribution is 2.28. The number of nitrogens with one attached hydrogen (secondary N) is 2. The van der Waals surface area contributed by atoms with Gasteiger partial charge in [0.2, 0.25) is 5.91 Å². The second-order valence-electron chi connectivity index (χ2n) is 8.36. The monoisotopic (exact) mass is 437 g/mol. The summed E-state index contributed by atoms with van der Waals surface area (Å²) < 4.78 is 5.28. The van der Waals surface area contributed by atoms with Gasteiger partial charge in [-0.25, -0.2) is 4.99 Å². The normalized spacial score (nSPS) is 16.3. The predicted octanol–water partition coefficient (Wildman–Crippen LogP) is 3.15. The standard InChI is InChI=1S/C25H35N5O2/c1-5-26-25(30-14-13-21(17-30)20-9-11-23(32-4)12-10-20)27-16-19-7-6-8-22(15-19)28-24(31)18-29(2)3/h6-12,15,21H,5,13-14,16-18H2,1-4H3,(H,26,27)(H,28,31). The van der Waals surface area contributed by atoms with E-state index in [2.05, 4.69) is 34.6 Å². The van der Waals surface area contributed by atoms with E-state index in [1.165, 1.54) is 5.56 Å². The molecule has 172 valence electrons. The number of aliphatic imine (C=N–C) groups is 1. The van der Waals surface area contributed by atoms with E-state index in [-0.39, 0.29) is 5.91 Å². The molecular weight excluding hydrogens is 402 g/mol. The van der Waals surface area contributed by atoms with Crippen LogP contribution in [0.5, 0.6) is 5.75 Å². The van der Waals surface area contributed by atoms with Gasteiger partial charge < -0.3 is 25.2 Å². The van der Waals surface area contributed by atoms with E-state index >= 15 is 0 Å². The molecule has 2 aromatic rings. The minimum atomic E-state index is -0.0226. The summed E-state index contributed by atoms with van der Waals surface area (Å²) in [4.78, 5) is 21.1. The van der Waals surface area contributed by atoms with Gasteiger partial charge in [-0.3, -0.25) is 4.79 Å². The van der Waals surface area contributed by atoms with Crippen molar-refractivity contribution in [2.24, 2.45) is 4.99 Å². The minimum Gasteiger partial charge on any atom is -0.497 e. The zero-order valence-electron chi connectivity index (χ0n) is 19.6. The number of rotatable bonds is 8. The molecule has 32 heavy (non-hydrogen) atoms. The Bertz CT molecular complexity index is 911. The van der Waals surface area contributed by atoms with Crippen LogP contribution < -0.4 is 15.4 Å². The number of likely N-dealkylation sites (N-methyl/N-ethyl adjacent to an activating group) is 1. The fourth-order valence-electron chi connectivity index (χ4n) is 3.93. The van der Waals surface area contributed by atoms with Crippen LogP contribution in [0.15, 0.2) is 53.5 Å². The van der Waals surface area contributed by atoms with E-state index in [9.17, 15) is 4.79 Å². The van der Waals surface area contributed by atoms with Crippen molar-refractivity contribution in [3.63, 3.8) is 0 Å². The largest absolute Gasteiger partial charge is 0.497 e. The van der Waals surface area contributed by atoms with Gasteiger partial charge in [0.15, 0.2) is 5.96 Å². The zero-order valence-corrected chi connectivity index (χ0v) is 19.6. The van der Waals surface area contributed by atoms with E-state index in [1.807, 2.05) is 55.4 Å². The Labute approximate surface area is 191 Å². The third-order valence-electron chi connectivity index (χ3n) is 5.49. The Balaban J connectivity index is 1.63. The lowest BCUT2D eigenvalue weighted by atomic mass is 9.98. The molecule has 1 aliphatic heterocycles. The maximum Gasteiger partial charge on any atom is 0.238 e. The number of anilines is 1.